The molecule has 2 aromatic rings. The molecule has 0 amide bonds. The van der Waals surface area contributed by atoms with E-state index in [1.54, 1.807) is 36.4 Å². The van der Waals surface area contributed by atoms with E-state index in [2.05, 4.69) is 0 Å². The van der Waals surface area contributed by atoms with Crippen LogP contribution in [0.2, 0.25) is 10.0 Å². The molecule has 0 N–H and O–H groups in total. The molecule has 2 aromatic carbocycles. The summed E-state index contributed by atoms with van der Waals surface area (Å²) in [4.78, 5) is 22.5. The van der Waals surface area contributed by atoms with Crippen molar-refractivity contribution in [1.29, 1.82) is 0 Å². The fraction of sp³-hybridized carbons (Fsp3) is 0.0588. The molecule has 23 heavy (non-hydrogen) atoms. The van der Waals surface area contributed by atoms with Gasteiger partial charge in [-0.3, -0.25) is 4.79 Å². The number of carboxylic acid groups (broad SMARTS) is 1. The monoisotopic (exact) mass is 349 g/mol. The highest BCUT2D eigenvalue weighted by molar-refractivity contribution is 6.37. The lowest BCUT2D eigenvalue weighted by molar-refractivity contribution is -0.307. The van der Waals surface area contributed by atoms with Crippen LogP contribution in [-0.4, -0.2) is 18.4 Å². The Labute approximate surface area is 142 Å². The fourth-order valence-corrected chi connectivity index (χ4v) is 2.33. The lowest BCUT2D eigenvalue weighted by Gasteiger charge is -2.07. The number of ketones is 1. The SMILES string of the molecule is O=C([O-])COc1cccc(C(=O)/C=C/c2c(Cl)cccc2Cl)c1. The van der Waals surface area contributed by atoms with Gasteiger partial charge in [-0.05, 0) is 36.4 Å². The van der Waals surface area contributed by atoms with Gasteiger partial charge in [0.25, 0.3) is 0 Å². The summed E-state index contributed by atoms with van der Waals surface area (Å²) in [5.41, 5.74) is 0.897. The number of hydrogen-bond acceptors (Lipinski definition) is 4. The molecular weight excluding hydrogens is 339 g/mol. The minimum atomic E-state index is -1.34. The number of ether oxygens (including phenoxy) is 1. The maximum Gasteiger partial charge on any atom is 0.185 e. The Morgan fingerprint density at radius 2 is 1.74 bits per heavy atom. The van der Waals surface area contributed by atoms with Crippen LogP contribution in [-0.2, 0) is 4.79 Å². The van der Waals surface area contributed by atoms with E-state index in [1.807, 2.05) is 0 Å². The number of halogens is 2. The maximum absolute atomic E-state index is 12.2. The van der Waals surface area contributed by atoms with E-state index in [9.17, 15) is 14.7 Å². The third-order valence-corrected chi connectivity index (χ3v) is 3.54. The Bertz CT molecular complexity index is 749. The van der Waals surface area contributed by atoms with Gasteiger partial charge < -0.3 is 14.6 Å². The third-order valence-electron chi connectivity index (χ3n) is 2.88. The summed E-state index contributed by atoms with van der Waals surface area (Å²) in [5, 5.41) is 11.3. The minimum absolute atomic E-state index is 0.268. The number of carbonyl (C=O) groups excluding carboxylic acids is 2. The molecule has 0 unspecified atom stereocenters. The molecular formula is C17H11Cl2O4-. The van der Waals surface area contributed by atoms with E-state index >= 15 is 0 Å². The zero-order valence-electron chi connectivity index (χ0n) is 11.8. The molecule has 0 spiro atoms. The second-order valence-corrected chi connectivity index (χ2v) is 5.34. The summed E-state index contributed by atoms with van der Waals surface area (Å²) in [6, 6.07) is 11.2. The van der Waals surface area contributed by atoms with E-state index in [0.717, 1.165) is 0 Å². The lowest BCUT2D eigenvalue weighted by Crippen LogP contribution is -2.28. The topological polar surface area (TPSA) is 66.4 Å². The molecule has 4 nitrogen and oxygen atoms in total. The molecule has 0 aliphatic heterocycles. The molecule has 6 heteroatoms. The molecule has 0 atom stereocenters. The van der Waals surface area contributed by atoms with E-state index in [4.69, 9.17) is 27.9 Å². The molecule has 0 radical (unpaired) electrons. The zero-order chi connectivity index (χ0) is 16.8. The Morgan fingerprint density at radius 1 is 1.09 bits per heavy atom. The average Bonchev–Trinajstić information content (AvgIpc) is 2.52. The number of aliphatic carboxylic acids is 1. The standard InChI is InChI=1S/C17H12Cl2O4/c18-14-5-2-6-15(19)13(14)7-8-16(20)11-3-1-4-12(9-11)23-10-17(21)22/h1-9H,10H2,(H,21,22)/p-1/b8-7+. The molecule has 0 aliphatic carbocycles. The molecule has 0 saturated heterocycles. The number of hydrogen-bond donors (Lipinski definition) is 0. The summed E-state index contributed by atoms with van der Waals surface area (Å²) >= 11 is 12.1. The van der Waals surface area contributed by atoms with Crippen molar-refractivity contribution >= 4 is 41.0 Å². The highest BCUT2D eigenvalue weighted by Crippen LogP contribution is 2.25. The molecule has 0 aliphatic rings. The molecule has 118 valence electrons. The molecule has 0 saturated carbocycles. The number of allylic oxidation sites excluding steroid dienone is 1. The van der Waals surface area contributed by atoms with Crippen LogP contribution < -0.4 is 9.84 Å². The first kappa shape index (κ1) is 17.1. The van der Waals surface area contributed by atoms with E-state index < -0.39 is 12.6 Å². The van der Waals surface area contributed by atoms with Crippen LogP contribution >= 0.6 is 23.2 Å². The predicted octanol–water partition coefficient (Wildman–Crippen LogP) is 3.02. The predicted molar refractivity (Wildman–Crippen MR) is 86.8 cm³/mol. The van der Waals surface area contributed by atoms with E-state index in [0.29, 0.717) is 21.2 Å². The van der Waals surface area contributed by atoms with Gasteiger partial charge in [0.05, 0.1) is 5.97 Å². The van der Waals surface area contributed by atoms with Crippen LogP contribution in [0.15, 0.2) is 48.5 Å². The van der Waals surface area contributed by atoms with Gasteiger partial charge in [-0.1, -0.05) is 41.4 Å². The smallest absolute Gasteiger partial charge is 0.185 e. The molecule has 0 bridgehead atoms. The minimum Gasteiger partial charge on any atom is -0.546 e. The lowest BCUT2D eigenvalue weighted by atomic mass is 10.1. The summed E-state index contributed by atoms with van der Waals surface area (Å²) < 4.78 is 4.98. The largest absolute Gasteiger partial charge is 0.546 e. The van der Waals surface area contributed by atoms with Crippen molar-refractivity contribution in [3.8, 4) is 5.75 Å². The molecule has 0 fully saturated rings. The zero-order valence-corrected chi connectivity index (χ0v) is 13.3. The first-order valence-electron chi connectivity index (χ1n) is 6.56. The second kappa shape index (κ2) is 7.81. The van der Waals surface area contributed by atoms with Crippen LogP contribution in [0.5, 0.6) is 5.75 Å². The highest BCUT2D eigenvalue weighted by Gasteiger charge is 2.06. The quantitative estimate of drug-likeness (QED) is 0.593. The Morgan fingerprint density at radius 3 is 2.39 bits per heavy atom. The van der Waals surface area contributed by atoms with Crippen LogP contribution in [0.3, 0.4) is 0 Å². The number of carbonyl (C=O) groups is 2. The van der Waals surface area contributed by atoms with Crippen molar-refractivity contribution in [3.63, 3.8) is 0 Å². The van der Waals surface area contributed by atoms with Gasteiger partial charge in [-0.15, -0.1) is 0 Å². The molecule has 2 rings (SSSR count). The van der Waals surface area contributed by atoms with Crippen molar-refractivity contribution in [3.05, 3.63) is 69.7 Å². The van der Waals surface area contributed by atoms with E-state index in [-0.39, 0.29) is 11.5 Å². The fourth-order valence-electron chi connectivity index (χ4n) is 1.81. The van der Waals surface area contributed by atoms with Gasteiger partial charge in [0.2, 0.25) is 0 Å². The molecule has 0 aromatic heterocycles. The van der Waals surface area contributed by atoms with Gasteiger partial charge >= 0.3 is 0 Å². The first-order chi connectivity index (χ1) is 11.0. The van der Waals surface area contributed by atoms with Gasteiger partial charge in [-0.25, -0.2) is 0 Å². The van der Waals surface area contributed by atoms with Crippen molar-refractivity contribution in [2.24, 2.45) is 0 Å². The third kappa shape index (κ3) is 4.84. The van der Waals surface area contributed by atoms with Crippen molar-refractivity contribution in [1.82, 2.24) is 0 Å². The van der Waals surface area contributed by atoms with Gasteiger partial charge in [0.15, 0.2) is 5.78 Å². The number of rotatable bonds is 6. The second-order valence-electron chi connectivity index (χ2n) is 4.52. The van der Waals surface area contributed by atoms with Gasteiger partial charge in [0.1, 0.15) is 12.4 Å². The van der Waals surface area contributed by atoms with Crippen LogP contribution in [0.1, 0.15) is 15.9 Å². The van der Waals surface area contributed by atoms with Crippen LogP contribution in [0, 0.1) is 0 Å². The van der Waals surface area contributed by atoms with Crippen molar-refractivity contribution < 1.29 is 19.4 Å². The Hall–Kier alpha value is -2.30. The van der Waals surface area contributed by atoms with Gasteiger partial charge in [0, 0.05) is 21.2 Å². The Kier molecular flexibility index (Phi) is 5.79. The highest BCUT2D eigenvalue weighted by atomic mass is 35.5. The number of carboxylic acids is 1. The molecule has 0 heterocycles. The number of benzene rings is 2. The van der Waals surface area contributed by atoms with Crippen molar-refractivity contribution in [2.45, 2.75) is 0 Å². The average molecular weight is 350 g/mol. The van der Waals surface area contributed by atoms with Crippen LogP contribution in [0.4, 0.5) is 0 Å². The van der Waals surface area contributed by atoms with Crippen molar-refractivity contribution in [2.75, 3.05) is 6.61 Å². The van der Waals surface area contributed by atoms with Crippen LogP contribution in [0.25, 0.3) is 6.08 Å². The Balaban J connectivity index is 2.16. The summed E-state index contributed by atoms with van der Waals surface area (Å²) in [6.45, 7) is -0.581. The summed E-state index contributed by atoms with van der Waals surface area (Å²) in [5.74, 6) is -1.36. The summed E-state index contributed by atoms with van der Waals surface area (Å²) in [6.07, 6.45) is 2.87. The van der Waals surface area contributed by atoms with E-state index in [1.165, 1.54) is 18.2 Å². The maximum atomic E-state index is 12.2. The normalized spacial score (nSPS) is 10.7. The summed E-state index contributed by atoms with van der Waals surface area (Å²) in [7, 11) is 0. The van der Waals surface area contributed by atoms with Gasteiger partial charge in [-0.2, -0.15) is 0 Å². The first-order valence-corrected chi connectivity index (χ1v) is 7.32.